The molecule has 0 aliphatic carbocycles. The Kier molecular flexibility index (Phi) is 5.11. The summed E-state index contributed by atoms with van der Waals surface area (Å²) in [5.41, 5.74) is 0. The van der Waals surface area contributed by atoms with E-state index in [-0.39, 0.29) is 6.10 Å². The third kappa shape index (κ3) is 4.50. The summed E-state index contributed by atoms with van der Waals surface area (Å²) in [6.45, 7) is 5.23. The molecule has 76 valence electrons. The molecular formula is C9H16O4. The monoisotopic (exact) mass is 188 g/mol. The van der Waals surface area contributed by atoms with Crippen molar-refractivity contribution in [1.29, 1.82) is 0 Å². The molecule has 0 saturated carbocycles. The Balaban J connectivity index is 4.20. The maximum absolute atomic E-state index is 11.2. The topological polar surface area (TPSA) is 63.6 Å². The summed E-state index contributed by atoms with van der Waals surface area (Å²) in [5.74, 6) is -2.75. The van der Waals surface area contributed by atoms with E-state index in [0.717, 1.165) is 0 Å². The zero-order valence-corrected chi connectivity index (χ0v) is 8.24. The summed E-state index contributed by atoms with van der Waals surface area (Å²) in [7, 11) is 0. The molecule has 1 N–H and O–H groups in total. The second-order valence-corrected chi connectivity index (χ2v) is 3.17. The lowest BCUT2D eigenvalue weighted by Crippen LogP contribution is -2.27. The summed E-state index contributed by atoms with van der Waals surface area (Å²) in [5, 5.41) is 8.69. The Bertz CT molecular complexity index is 186. The fourth-order valence-corrected chi connectivity index (χ4v) is 0.945. The number of hydrogen-bond donors (Lipinski definition) is 1. The van der Waals surface area contributed by atoms with E-state index in [2.05, 4.69) is 0 Å². The van der Waals surface area contributed by atoms with Crippen LogP contribution in [-0.2, 0) is 14.3 Å². The van der Waals surface area contributed by atoms with Crippen molar-refractivity contribution in [3.8, 4) is 0 Å². The highest BCUT2D eigenvalue weighted by molar-refractivity contribution is 5.93. The minimum Gasteiger partial charge on any atom is -0.481 e. The van der Waals surface area contributed by atoms with Gasteiger partial charge in [-0.15, -0.1) is 0 Å². The van der Waals surface area contributed by atoms with Crippen molar-refractivity contribution >= 4 is 11.9 Å². The van der Waals surface area contributed by atoms with Crippen molar-refractivity contribution in [3.05, 3.63) is 0 Å². The number of carboxylic acid groups (broad SMARTS) is 1. The third-order valence-corrected chi connectivity index (χ3v) is 1.51. The van der Waals surface area contributed by atoms with E-state index >= 15 is 0 Å². The number of hydrogen-bond acceptors (Lipinski definition) is 3. The summed E-state index contributed by atoms with van der Waals surface area (Å²) in [6.07, 6.45) is 0.733. The van der Waals surface area contributed by atoms with E-state index in [1.54, 1.807) is 13.8 Å². The van der Waals surface area contributed by atoms with Crippen LogP contribution in [0.2, 0.25) is 0 Å². The Labute approximate surface area is 77.9 Å². The molecule has 0 heterocycles. The van der Waals surface area contributed by atoms with Crippen LogP contribution in [0.3, 0.4) is 0 Å². The van der Waals surface area contributed by atoms with Crippen LogP contribution in [0.15, 0.2) is 0 Å². The van der Waals surface area contributed by atoms with Crippen LogP contribution in [0.5, 0.6) is 0 Å². The lowest BCUT2D eigenvalue weighted by molar-refractivity contribution is -0.161. The molecular weight excluding hydrogens is 172 g/mol. The molecule has 13 heavy (non-hydrogen) atoms. The van der Waals surface area contributed by atoms with Gasteiger partial charge in [0.15, 0.2) is 5.92 Å². The smallest absolute Gasteiger partial charge is 0.320 e. The van der Waals surface area contributed by atoms with Crippen LogP contribution in [0.1, 0.15) is 33.6 Å². The van der Waals surface area contributed by atoms with Gasteiger partial charge in [-0.1, -0.05) is 13.3 Å². The van der Waals surface area contributed by atoms with Gasteiger partial charge in [0.1, 0.15) is 0 Å². The molecule has 0 aromatic rings. The standard InChI is InChI=1S/C9H16O4/c1-4-5-7(8(10)11)9(12)13-6(2)3/h6-7H,4-5H2,1-3H3,(H,10,11). The molecule has 4 nitrogen and oxygen atoms in total. The molecule has 0 aromatic heterocycles. The molecule has 0 rings (SSSR count). The van der Waals surface area contributed by atoms with Crippen LogP contribution in [0, 0.1) is 5.92 Å². The van der Waals surface area contributed by atoms with Gasteiger partial charge >= 0.3 is 11.9 Å². The largest absolute Gasteiger partial charge is 0.481 e. The Morgan fingerprint density at radius 3 is 2.23 bits per heavy atom. The van der Waals surface area contributed by atoms with Gasteiger partial charge in [-0.3, -0.25) is 9.59 Å². The Morgan fingerprint density at radius 1 is 1.38 bits per heavy atom. The van der Waals surface area contributed by atoms with E-state index in [1.165, 1.54) is 0 Å². The van der Waals surface area contributed by atoms with Crippen molar-refractivity contribution < 1.29 is 19.4 Å². The Hall–Kier alpha value is -1.06. The van der Waals surface area contributed by atoms with E-state index in [0.29, 0.717) is 12.8 Å². The van der Waals surface area contributed by atoms with Gasteiger partial charge < -0.3 is 9.84 Å². The van der Waals surface area contributed by atoms with E-state index in [1.807, 2.05) is 6.92 Å². The van der Waals surface area contributed by atoms with Crippen LogP contribution in [0.25, 0.3) is 0 Å². The number of carbonyl (C=O) groups excluding carboxylic acids is 1. The predicted molar refractivity (Wildman–Crippen MR) is 47.3 cm³/mol. The van der Waals surface area contributed by atoms with Gasteiger partial charge in [-0.05, 0) is 20.3 Å². The molecule has 1 atom stereocenters. The minimum absolute atomic E-state index is 0.258. The summed E-state index contributed by atoms with van der Waals surface area (Å²) in [4.78, 5) is 21.8. The summed E-state index contributed by atoms with van der Waals surface area (Å²) in [6, 6.07) is 0. The van der Waals surface area contributed by atoms with E-state index < -0.39 is 17.9 Å². The fourth-order valence-electron chi connectivity index (χ4n) is 0.945. The lowest BCUT2D eigenvalue weighted by atomic mass is 10.0. The van der Waals surface area contributed by atoms with Crippen molar-refractivity contribution in [2.24, 2.45) is 5.92 Å². The van der Waals surface area contributed by atoms with Gasteiger partial charge in [0, 0.05) is 0 Å². The van der Waals surface area contributed by atoms with Crippen molar-refractivity contribution in [3.63, 3.8) is 0 Å². The van der Waals surface area contributed by atoms with Gasteiger partial charge in [-0.2, -0.15) is 0 Å². The molecule has 0 spiro atoms. The first-order chi connectivity index (χ1) is 5.99. The fraction of sp³-hybridized carbons (Fsp3) is 0.778. The first-order valence-electron chi connectivity index (χ1n) is 4.42. The van der Waals surface area contributed by atoms with Crippen molar-refractivity contribution in [1.82, 2.24) is 0 Å². The highest BCUT2D eigenvalue weighted by atomic mass is 16.5. The molecule has 0 bridgehead atoms. The molecule has 0 aromatic carbocycles. The highest BCUT2D eigenvalue weighted by Gasteiger charge is 2.27. The van der Waals surface area contributed by atoms with Crippen LogP contribution >= 0.6 is 0 Å². The van der Waals surface area contributed by atoms with E-state index in [4.69, 9.17) is 9.84 Å². The van der Waals surface area contributed by atoms with Crippen LogP contribution in [0.4, 0.5) is 0 Å². The van der Waals surface area contributed by atoms with Gasteiger partial charge in [0.25, 0.3) is 0 Å². The van der Waals surface area contributed by atoms with Gasteiger partial charge in [-0.25, -0.2) is 0 Å². The zero-order chi connectivity index (χ0) is 10.4. The lowest BCUT2D eigenvalue weighted by Gasteiger charge is -2.13. The minimum atomic E-state index is -1.10. The van der Waals surface area contributed by atoms with Crippen LogP contribution < -0.4 is 0 Å². The normalized spacial score (nSPS) is 12.6. The average molecular weight is 188 g/mol. The molecule has 0 amide bonds. The van der Waals surface area contributed by atoms with Crippen LogP contribution in [-0.4, -0.2) is 23.1 Å². The molecule has 1 unspecified atom stereocenters. The Morgan fingerprint density at radius 2 is 1.92 bits per heavy atom. The number of aliphatic carboxylic acids is 1. The first kappa shape index (κ1) is 11.9. The SMILES string of the molecule is CCCC(C(=O)O)C(=O)OC(C)C. The highest BCUT2D eigenvalue weighted by Crippen LogP contribution is 2.10. The molecule has 0 radical (unpaired) electrons. The number of carboxylic acids is 1. The first-order valence-corrected chi connectivity index (χ1v) is 4.42. The molecule has 0 saturated heterocycles. The van der Waals surface area contributed by atoms with Gasteiger partial charge in [0.05, 0.1) is 6.10 Å². The van der Waals surface area contributed by atoms with Crippen molar-refractivity contribution in [2.45, 2.75) is 39.7 Å². The second kappa shape index (κ2) is 5.56. The molecule has 0 aliphatic heterocycles. The third-order valence-electron chi connectivity index (χ3n) is 1.51. The second-order valence-electron chi connectivity index (χ2n) is 3.17. The van der Waals surface area contributed by atoms with E-state index in [9.17, 15) is 9.59 Å². The quantitative estimate of drug-likeness (QED) is 0.523. The number of carbonyl (C=O) groups is 2. The number of esters is 1. The summed E-state index contributed by atoms with van der Waals surface area (Å²) < 4.78 is 4.81. The number of ether oxygens (including phenoxy) is 1. The molecule has 4 heteroatoms. The molecule has 0 fully saturated rings. The average Bonchev–Trinajstić information content (AvgIpc) is 1.97. The van der Waals surface area contributed by atoms with Crippen molar-refractivity contribution in [2.75, 3.05) is 0 Å². The number of rotatable bonds is 5. The molecule has 0 aliphatic rings. The predicted octanol–water partition coefficient (Wildman–Crippen LogP) is 1.44. The zero-order valence-electron chi connectivity index (χ0n) is 8.24. The summed E-state index contributed by atoms with van der Waals surface area (Å²) >= 11 is 0. The van der Waals surface area contributed by atoms with Gasteiger partial charge in [0.2, 0.25) is 0 Å². The maximum atomic E-state index is 11.2. The maximum Gasteiger partial charge on any atom is 0.320 e.